The fraction of sp³-hybridized carbons (Fsp3) is 0.273. The summed E-state index contributed by atoms with van der Waals surface area (Å²) in [6, 6.07) is 7.73. The first-order valence-corrected chi connectivity index (χ1v) is 4.74. The summed E-state index contributed by atoms with van der Waals surface area (Å²) in [5.41, 5.74) is 1.08. The van der Waals surface area contributed by atoms with Crippen LogP contribution in [0.4, 0.5) is 0 Å². The molecule has 0 radical (unpaired) electrons. The molecule has 1 heterocycles. The van der Waals surface area contributed by atoms with Crippen LogP contribution in [0.15, 0.2) is 29.3 Å². The molecule has 2 rings (SSSR count). The van der Waals surface area contributed by atoms with Crippen LogP contribution in [0.3, 0.4) is 0 Å². The molecule has 1 aliphatic rings. The van der Waals surface area contributed by atoms with Crippen molar-refractivity contribution in [3.8, 4) is 5.75 Å². The molecule has 1 N–H and O–H groups in total. The Hall–Kier alpha value is -1.84. The Bertz CT molecular complexity index is 413. The third kappa shape index (κ3) is 2.34. The summed E-state index contributed by atoms with van der Waals surface area (Å²) < 4.78 is 5.11. The highest BCUT2D eigenvalue weighted by Crippen LogP contribution is 2.13. The van der Waals surface area contributed by atoms with Gasteiger partial charge in [0, 0.05) is 6.42 Å². The summed E-state index contributed by atoms with van der Waals surface area (Å²) in [6.07, 6.45) is 0.642. The van der Waals surface area contributed by atoms with Crippen molar-refractivity contribution in [2.75, 3.05) is 13.7 Å². The molecule has 0 fully saturated rings. The first-order chi connectivity index (χ1) is 7.28. The Labute approximate surface area is 88.0 Å². The van der Waals surface area contributed by atoms with Gasteiger partial charge >= 0.3 is 0 Å². The van der Waals surface area contributed by atoms with Crippen molar-refractivity contribution in [1.82, 2.24) is 5.32 Å². The molecule has 1 aromatic carbocycles. The summed E-state index contributed by atoms with van der Waals surface area (Å²) in [7, 11) is 1.63. The van der Waals surface area contributed by atoms with Gasteiger partial charge in [-0.25, -0.2) is 0 Å². The maximum absolute atomic E-state index is 10.9. The number of benzene rings is 1. The topological polar surface area (TPSA) is 50.7 Å². The Kier molecular flexibility index (Phi) is 2.67. The molecule has 0 saturated heterocycles. The predicted octanol–water partition coefficient (Wildman–Crippen LogP) is 0.766. The summed E-state index contributed by atoms with van der Waals surface area (Å²) in [4.78, 5) is 15.0. The van der Waals surface area contributed by atoms with E-state index in [-0.39, 0.29) is 12.5 Å². The molecule has 0 saturated carbocycles. The molecule has 4 heteroatoms. The molecule has 15 heavy (non-hydrogen) atoms. The maximum atomic E-state index is 10.9. The number of amidine groups is 1. The molecule has 0 atom stereocenters. The molecule has 0 unspecified atom stereocenters. The van der Waals surface area contributed by atoms with E-state index in [0.717, 1.165) is 17.1 Å². The van der Waals surface area contributed by atoms with E-state index in [2.05, 4.69) is 10.3 Å². The minimum atomic E-state index is -0.0344. The molecule has 0 bridgehead atoms. The normalized spacial score (nSPS) is 14.7. The minimum Gasteiger partial charge on any atom is -0.497 e. The van der Waals surface area contributed by atoms with Crippen molar-refractivity contribution in [3.05, 3.63) is 29.8 Å². The zero-order valence-electron chi connectivity index (χ0n) is 8.49. The van der Waals surface area contributed by atoms with Crippen LogP contribution in [-0.2, 0) is 11.2 Å². The number of carbonyl (C=O) groups is 1. The number of methoxy groups -OCH3 is 1. The zero-order valence-corrected chi connectivity index (χ0v) is 8.49. The second kappa shape index (κ2) is 4.13. The fourth-order valence-electron chi connectivity index (χ4n) is 1.48. The van der Waals surface area contributed by atoms with E-state index in [1.54, 1.807) is 7.11 Å². The van der Waals surface area contributed by atoms with Gasteiger partial charge in [0.15, 0.2) is 0 Å². The van der Waals surface area contributed by atoms with E-state index in [1.807, 2.05) is 24.3 Å². The van der Waals surface area contributed by atoms with Crippen LogP contribution in [0.2, 0.25) is 0 Å². The highest BCUT2D eigenvalue weighted by Gasteiger charge is 2.13. The van der Waals surface area contributed by atoms with Crippen LogP contribution in [0, 0.1) is 0 Å². The molecule has 4 nitrogen and oxygen atoms in total. The van der Waals surface area contributed by atoms with E-state index < -0.39 is 0 Å². The number of aliphatic imine (C=N–C) groups is 1. The average molecular weight is 204 g/mol. The van der Waals surface area contributed by atoms with Crippen molar-refractivity contribution in [2.24, 2.45) is 4.99 Å². The van der Waals surface area contributed by atoms with Crippen LogP contribution in [-0.4, -0.2) is 25.4 Å². The average Bonchev–Trinajstić information content (AvgIpc) is 2.64. The first kappa shape index (κ1) is 9.71. The van der Waals surface area contributed by atoms with Gasteiger partial charge in [0.25, 0.3) is 0 Å². The van der Waals surface area contributed by atoms with Crippen LogP contribution in [0.25, 0.3) is 0 Å². The second-order valence-corrected chi connectivity index (χ2v) is 3.34. The standard InChI is InChI=1S/C11H12N2O2/c1-15-9-4-2-3-8(5-9)6-10-12-7-11(14)13-10/h2-5H,6-7H2,1H3,(H,12,13,14). The van der Waals surface area contributed by atoms with Gasteiger partial charge in [-0.05, 0) is 17.7 Å². The van der Waals surface area contributed by atoms with Crippen LogP contribution < -0.4 is 10.1 Å². The molecule has 0 aromatic heterocycles. The van der Waals surface area contributed by atoms with Crippen molar-refractivity contribution in [2.45, 2.75) is 6.42 Å². The Morgan fingerprint density at radius 2 is 2.40 bits per heavy atom. The number of amides is 1. The number of nitrogens with zero attached hydrogens (tertiary/aromatic N) is 1. The number of nitrogens with one attached hydrogen (secondary N) is 1. The Morgan fingerprint density at radius 1 is 1.53 bits per heavy atom. The van der Waals surface area contributed by atoms with E-state index in [1.165, 1.54) is 0 Å². The Morgan fingerprint density at radius 3 is 3.07 bits per heavy atom. The quantitative estimate of drug-likeness (QED) is 0.790. The van der Waals surface area contributed by atoms with Gasteiger partial charge in [0.05, 0.1) is 7.11 Å². The highest BCUT2D eigenvalue weighted by atomic mass is 16.5. The van der Waals surface area contributed by atoms with Crippen molar-refractivity contribution < 1.29 is 9.53 Å². The lowest BCUT2D eigenvalue weighted by Gasteiger charge is -2.04. The van der Waals surface area contributed by atoms with Gasteiger partial charge in [-0.1, -0.05) is 12.1 Å². The molecule has 1 amide bonds. The monoisotopic (exact) mass is 204 g/mol. The lowest BCUT2D eigenvalue weighted by Crippen LogP contribution is -2.25. The molecule has 78 valence electrons. The number of hydrogen-bond donors (Lipinski definition) is 1. The summed E-state index contributed by atoms with van der Waals surface area (Å²) >= 11 is 0. The maximum Gasteiger partial charge on any atom is 0.247 e. The number of ether oxygens (including phenoxy) is 1. The SMILES string of the molecule is COc1cccc(CC2=NCC(=O)N2)c1. The Balaban J connectivity index is 2.07. The van der Waals surface area contributed by atoms with Crippen molar-refractivity contribution >= 4 is 11.7 Å². The molecule has 1 aliphatic heterocycles. The van der Waals surface area contributed by atoms with Gasteiger partial charge in [0.1, 0.15) is 18.1 Å². The smallest absolute Gasteiger partial charge is 0.247 e. The second-order valence-electron chi connectivity index (χ2n) is 3.34. The van der Waals surface area contributed by atoms with Gasteiger partial charge in [-0.2, -0.15) is 0 Å². The van der Waals surface area contributed by atoms with Crippen molar-refractivity contribution in [1.29, 1.82) is 0 Å². The summed E-state index contributed by atoms with van der Waals surface area (Å²) in [5.74, 6) is 1.51. The van der Waals surface area contributed by atoms with E-state index in [0.29, 0.717) is 6.42 Å². The molecule has 1 aromatic rings. The lowest BCUT2D eigenvalue weighted by molar-refractivity contribution is -0.117. The van der Waals surface area contributed by atoms with E-state index in [4.69, 9.17) is 4.74 Å². The van der Waals surface area contributed by atoms with Gasteiger partial charge < -0.3 is 10.1 Å². The third-order valence-electron chi connectivity index (χ3n) is 2.20. The minimum absolute atomic E-state index is 0.0344. The van der Waals surface area contributed by atoms with Crippen molar-refractivity contribution in [3.63, 3.8) is 0 Å². The lowest BCUT2D eigenvalue weighted by atomic mass is 10.1. The third-order valence-corrected chi connectivity index (χ3v) is 2.20. The molecular formula is C11H12N2O2. The molecular weight excluding hydrogens is 192 g/mol. The van der Waals surface area contributed by atoms with Gasteiger partial charge in [0.2, 0.25) is 5.91 Å². The molecule has 0 spiro atoms. The number of rotatable bonds is 3. The zero-order chi connectivity index (χ0) is 10.7. The summed E-state index contributed by atoms with van der Waals surface area (Å²) in [5, 5.41) is 2.71. The number of carbonyl (C=O) groups excluding carboxylic acids is 1. The number of hydrogen-bond acceptors (Lipinski definition) is 3. The van der Waals surface area contributed by atoms with Crippen LogP contribution in [0.5, 0.6) is 5.75 Å². The fourth-order valence-corrected chi connectivity index (χ4v) is 1.48. The largest absolute Gasteiger partial charge is 0.497 e. The van der Waals surface area contributed by atoms with Crippen LogP contribution >= 0.6 is 0 Å². The summed E-state index contributed by atoms with van der Waals surface area (Å²) in [6.45, 7) is 0.249. The predicted molar refractivity (Wildman–Crippen MR) is 57.1 cm³/mol. The van der Waals surface area contributed by atoms with Crippen LogP contribution in [0.1, 0.15) is 5.56 Å². The van der Waals surface area contributed by atoms with E-state index in [9.17, 15) is 4.79 Å². The van der Waals surface area contributed by atoms with E-state index >= 15 is 0 Å². The molecule has 0 aliphatic carbocycles. The van der Waals surface area contributed by atoms with Gasteiger partial charge in [-0.3, -0.25) is 9.79 Å². The van der Waals surface area contributed by atoms with Gasteiger partial charge in [-0.15, -0.1) is 0 Å². The highest BCUT2D eigenvalue weighted by molar-refractivity contribution is 6.04. The first-order valence-electron chi connectivity index (χ1n) is 4.74.